The van der Waals surface area contributed by atoms with Crippen LogP contribution in [0.2, 0.25) is 5.02 Å². The summed E-state index contributed by atoms with van der Waals surface area (Å²) in [6, 6.07) is 14.6. The van der Waals surface area contributed by atoms with E-state index in [1.165, 1.54) is 7.11 Å². The molecule has 0 aliphatic rings. The fraction of sp³-hybridized carbons (Fsp3) is 0.222. The van der Waals surface area contributed by atoms with E-state index in [1.807, 2.05) is 6.07 Å². The van der Waals surface area contributed by atoms with Gasteiger partial charge in [0.1, 0.15) is 6.04 Å². The number of benzene rings is 2. The molecule has 2 rings (SSSR count). The lowest BCUT2D eigenvalue weighted by molar-refractivity contribution is -0.142. The van der Waals surface area contributed by atoms with Crippen LogP contribution in [0.25, 0.3) is 0 Å². The molecule has 132 valence electrons. The van der Waals surface area contributed by atoms with Crippen molar-refractivity contribution in [1.82, 2.24) is 5.32 Å². The molecule has 0 fully saturated rings. The summed E-state index contributed by atoms with van der Waals surface area (Å²) >= 11 is 6.00. The number of nitrogens with one attached hydrogen (secondary N) is 1. The highest BCUT2D eigenvalue weighted by Crippen LogP contribution is 2.15. The normalized spacial score (nSPS) is 12.9. The van der Waals surface area contributed by atoms with Crippen molar-refractivity contribution in [3.63, 3.8) is 0 Å². The van der Waals surface area contributed by atoms with Gasteiger partial charge in [-0.25, -0.2) is 4.79 Å². The van der Waals surface area contributed by atoms with E-state index in [4.69, 9.17) is 16.3 Å². The zero-order valence-electron chi connectivity index (χ0n) is 13.6. The number of methoxy groups -OCH3 is 1. The third-order valence-corrected chi connectivity index (χ3v) is 5.24. The quantitative estimate of drug-likeness (QED) is 0.751. The molecule has 7 heteroatoms. The highest BCUT2D eigenvalue weighted by molar-refractivity contribution is 7.85. The minimum absolute atomic E-state index is 0.185. The molecule has 0 unspecified atom stereocenters. The summed E-state index contributed by atoms with van der Waals surface area (Å²) in [4.78, 5) is 24.9. The minimum atomic E-state index is -1.27. The molecular formula is C18H18ClNO4S. The standard InChI is InChI=1S/C18H18ClNO4S/c1-24-18(22)16(11-12-25(23)13-7-3-2-4-8-13)20-17(21)14-9-5-6-10-15(14)19/h2-10,16H,11-12H2,1H3,(H,20,21)/t16-,25+/m1/s1. The maximum Gasteiger partial charge on any atom is 0.328 e. The fourth-order valence-corrected chi connectivity index (χ4v) is 3.56. The van der Waals surface area contributed by atoms with Gasteiger partial charge in [0.05, 0.1) is 28.5 Å². The molecule has 0 aliphatic carbocycles. The van der Waals surface area contributed by atoms with E-state index in [-0.39, 0.29) is 22.8 Å². The Morgan fingerprint density at radius 2 is 1.76 bits per heavy atom. The first-order chi connectivity index (χ1) is 12.0. The van der Waals surface area contributed by atoms with Gasteiger partial charge in [0.2, 0.25) is 0 Å². The summed E-state index contributed by atoms with van der Waals surface area (Å²) < 4.78 is 17.0. The Balaban J connectivity index is 2.04. The van der Waals surface area contributed by atoms with Crippen LogP contribution in [-0.2, 0) is 20.3 Å². The fourth-order valence-electron chi connectivity index (χ4n) is 2.19. The molecule has 0 spiro atoms. The van der Waals surface area contributed by atoms with Crippen LogP contribution in [0, 0.1) is 0 Å². The number of rotatable bonds is 7. The van der Waals surface area contributed by atoms with Gasteiger partial charge in [0, 0.05) is 10.6 Å². The van der Waals surface area contributed by atoms with Crippen molar-refractivity contribution in [2.24, 2.45) is 0 Å². The number of hydrogen-bond donors (Lipinski definition) is 1. The van der Waals surface area contributed by atoms with Crippen LogP contribution in [0.1, 0.15) is 16.8 Å². The highest BCUT2D eigenvalue weighted by Gasteiger charge is 2.23. The van der Waals surface area contributed by atoms with Crippen molar-refractivity contribution >= 4 is 34.3 Å². The van der Waals surface area contributed by atoms with E-state index in [2.05, 4.69) is 5.32 Å². The monoisotopic (exact) mass is 379 g/mol. The molecule has 5 nitrogen and oxygen atoms in total. The molecule has 2 aromatic rings. The van der Waals surface area contributed by atoms with E-state index in [0.717, 1.165) is 0 Å². The van der Waals surface area contributed by atoms with Crippen molar-refractivity contribution in [3.8, 4) is 0 Å². The van der Waals surface area contributed by atoms with Gasteiger partial charge in [-0.2, -0.15) is 0 Å². The van der Waals surface area contributed by atoms with Gasteiger partial charge >= 0.3 is 5.97 Å². The zero-order chi connectivity index (χ0) is 18.2. The first kappa shape index (κ1) is 19.1. The molecule has 0 aliphatic heterocycles. The van der Waals surface area contributed by atoms with Gasteiger partial charge in [-0.1, -0.05) is 41.9 Å². The average Bonchev–Trinajstić information content (AvgIpc) is 2.65. The van der Waals surface area contributed by atoms with Gasteiger partial charge < -0.3 is 10.1 Å². The van der Waals surface area contributed by atoms with Gasteiger partial charge in [0.15, 0.2) is 0 Å². The molecule has 1 amide bonds. The highest BCUT2D eigenvalue weighted by atomic mass is 35.5. The van der Waals surface area contributed by atoms with Crippen molar-refractivity contribution in [2.75, 3.05) is 12.9 Å². The van der Waals surface area contributed by atoms with Crippen LogP contribution < -0.4 is 5.32 Å². The number of ether oxygens (including phenoxy) is 1. The number of hydrogen-bond acceptors (Lipinski definition) is 4. The number of halogens is 1. The Bertz CT molecular complexity index is 767. The Morgan fingerprint density at radius 3 is 2.40 bits per heavy atom. The van der Waals surface area contributed by atoms with Crippen molar-refractivity contribution in [2.45, 2.75) is 17.4 Å². The lowest BCUT2D eigenvalue weighted by atomic mass is 10.1. The zero-order valence-corrected chi connectivity index (χ0v) is 15.2. The smallest absolute Gasteiger partial charge is 0.328 e. The third-order valence-electron chi connectivity index (χ3n) is 3.51. The topological polar surface area (TPSA) is 72.5 Å². The molecule has 2 atom stereocenters. The first-order valence-electron chi connectivity index (χ1n) is 7.59. The Hall–Kier alpha value is -2.18. The van der Waals surface area contributed by atoms with Crippen molar-refractivity contribution in [1.29, 1.82) is 0 Å². The van der Waals surface area contributed by atoms with E-state index < -0.39 is 28.7 Å². The average molecular weight is 380 g/mol. The van der Waals surface area contributed by atoms with Crippen molar-refractivity contribution < 1.29 is 18.5 Å². The third kappa shape index (κ3) is 5.41. The molecule has 1 N–H and O–H groups in total. The number of esters is 1. The molecular weight excluding hydrogens is 362 g/mol. The van der Waals surface area contributed by atoms with Gasteiger partial charge in [-0.05, 0) is 30.7 Å². The second-order valence-corrected chi connectivity index (χ2v) is 7.16. The molecule has 25 heavy (non-hydrogen) atoms. The Morgan fingerprint density at radius 1 is 1.12 bits per heavy atom. The summed E-state index contributed by atoms with van der Waals surface area (Å²) in [5, 5.41) is 2.89. The van der Waals surface area contributed by atoms with Crippen molar-refractivity contribution in [3.05, 3.63) is 65.2 Å². The number of carbonyl (C=O) groups excluding carboxylic acids is 2. The van der Waals surface area contributed by atoms with E-state index >= 15 is 0 Å². The summed E-state index contributed by atoms with van der Waals surface area (Å²) in [6.45, 7) is 0. The van der Waals surface area contributed by atoms with Crippen LogP contribution in [0.5, 0.6) is 0 Å². The van der Waals surface area contributed by atoms with Crippen LogP contribution >= 0.6 is 11.6 Å². The summed E-state index contributed by atoms with van der Waals surface area (Å²) in [7, 11) is -0.0301. The maximum atomic E-state index is 12.3. The van der Waals surface area contributed by atoms with Crippen LogP contribution in [0.15, 0.2) is 59.5 Å². The number of carbonyl (C=O) groups is 2. The van der Waals surface area contributed by atoms with Gasteiger partial charge in [-0.15, -0.1) is 0 Å². The predicted octanol–water partition coefficient (Wildman–Crippen LogP) is 2.81. The first-order valence-corrected chi connectivity index (χ1v) is 9.29. The molecule has 0 saturated heterocycles. The lowest BCUT2D eigenvalue weighted by Gasteiger charge is -2.16. The van der Waals surface area contributed by atoms with E-state index in [0.29, 0.717) is 4.90 Å². The maximum absolute atomic E-state index is 12.3. The second-order valence-electron chi connectivity index (χ2n) is 5.18. The molecule has 0 bridgehead atoms. The molecule has 0 heterocycles. The summed E-state index contributed by atoms with van der Waals surface area (Å²) in [5.74, 6) is -0.857. The lowest BCUT2D eigenvalue weighted by Crippen LogP contribution is -2.42. The predicted molar refractivity (Wildman–Crippen MR) is 97.1 cm³/mol. The molecule has 0 aromatic heterocycles. The summed E-state index contributed by atoms with van der Waals surface area (Å²) in [5.41, 5.74) is 0.266. The number of amides is 1. The van der Waals surface area contributed by atoms with E-state index in [1.54, 1.807) is 48.5 Å². The molecule has 2 aromatic carbocycles. The largest absolute Gasteiger partial charge is 0.467 e. The van der Waals surface area contributed by atoms with E-state index in [9.17, 15) is 13.8 Å². The Kier molecular flexibility index (Phi) is 7.16. The van der Waals surface area contributed by atoms with Crippen LogP contribution in [-0.4, -0.2) is 35.0 Å². The minimum Gasteiger partial charge on any atom is -0.467 e. The second kappa shape index (κ2) is 9.34. The molecule has 0 radical (unpaired) electrons. The van der Waals surface area contributed by atoms with Gasteiger partial charge in [-0.3, -0.25) is 9.00 Å². The SMILES string of the molecule is COC(=O)[C@@H](CC[S@](=O)c1ccccc1)NC(=O)c1ccccc1Cl. The summed E-state index contributed by atoms with van der Waals surface area (Å²) in [6.07, 6.45) is 0.185. The van der Waals surface area contributed by atoms with Crippen LogP contribution in [0.4, 0.5) is 0 Å². The Labute approximate surface area is 153 Å². The van der Waals surface area contributed by atoms with Gasteiger partial charge in [0.25, 0.3) is 5.91 Å². The van der Waals surface area contributed by atoms with Crippen LogP contribution in [0.3, 0.4) is 0 Å². The molecule has 0 saturated carbocycles.